The van der Waals surface area contributed by atoms with E-state index in [0.717, 1.165) is 30.9 Å². The van der Waals surface area contributed by atoms with Crippen LogP contribution in [0.15, 0.2) is 18.2 Å². The molecule has 0 amide bonds. The molecule has 0 saturated heterocycles. The number of carbonyl (C=O) groups is 1. The fourth-order valence-corrected chi connectivity index (χ4v) is 2.67. The molecule has 1 heterocycles. The van der Waals surface area contributed by atoms with E-state index in [1.165, 1.54) is 30.5 Å². The highest BCUT2D eigenvalue weighted by atomic mass is 16.1. The summed E-state index contributed by atoms with van der Waals surface area (Å²) in [7, 11) is 0. The molecule has 1 aliphatic carbocycles. The van der Waals surface area contributed by atoms with Gasteiger partial charge in [0, 0.05) is 23.8 Å². The van der Waals surface area contributed by atoms with Crippen molar-refractivity contribution in [3.8, 4) is 0 Å². The first kappa shape index (κ1) is 8.96. The summed E-state index contributed by atoms with van der Waals surface area (Å²) in [5.74, 6) is 0. The van der Waals surface area contributed by atoms with E-state index in [9.17, 15) is 4.79 Å². The van der Waals surface area contributed by atoms with Gasteiger partial charge in [-0.15, -0.1) is 0 Å². The van der Waals surface area contributed by atoms with Crippen LogP contribution in [0.3, 0.4) is 0 Å². The lowest BCUT2D eigenvalue weighted by molar-refractivity contribution is 0.112. The minimum atomic E-state index is 0.744. The number of nitrogens with zero attached hydrogens (tertiary/aromatic N) is 1. The van der Waals surface area contributed by atoms with Crippen molar-refractivity contribution in [3.63, 3.8) is 0 Å². The molecule has 1 aliphatic heterocycles. The van der Waals surface area contributed by atoms with Gasteiger partial charge in [0.05, 0.1) is 0 Å². The summed E-state index contributed by atoms with van der Waals surface area (Å²) in [6, 6.07) is 6.83. The predicted molar refractivity (Wildman–Crippen MR) is 60.5 cm³/mol. The van der Waals surface area contributed by atoms with Gasteiger partial charge in [-0.25, -0.2) is 0 Å². The monoisotopic (exact) mass is 201 g/mol. The van der Waals surface area contributed by atoms with E-state index in [-0.39, 0.29) is 0 Å². The van der Waals surface area contributed by atoms with Crippen LogP contribution in [0.1, 0.15) is 35.2 Å². The van der Waals surface area contributed by atoms with Crippen molar-refractivity contribution >= 4 is 12.0 Å². The van der Waals surface area contributed by atoms with Gasteiger partial charge in [-0.2, -0.15) is 0 Å². The highest BCUT2D eigenvalue weighted by molar-refractivity contribution is 5.82. The van der Waals surface area contributed by atoms with Crippen molar-refractivity contribution in [2.24, 2.45) is 0 Å². The third kappa shape index (κ3) is 1.28. The fraction of sp³-hybridized carbons (Fsp3) is 0.462. The lowest BCUT2D eigenvalue weighted by atomic mass is 9.91. The van der Waals surface area contributed by atoms with E-state index in [2.05, 4.69) is 11.0 Å². The molecule has 15 heavy (non-hydrogen) atoms. The Labute approximate surface area is 89.9 Å². The lowest BCUT2D eigenvalue weighted by Crippen LogP contribution is -2.38. The van der Waals surface area contributed by atoms with Crippen LogP contribution >= 0.6 is 0 Å². The third-order valence-corrected chi connectivity index (χ3v) is 3.74. The van der Waals surface area contributed by atoms with Crippen molar-refractivity contribution in [2.45, 2.75) is 31.7 Å². The van der Waals surface area contributed by atoms with Gasteiger partial charge in [0.25, 0.3) is 0 Å². The SMILES string of the molecule is O=Cc1cccc2c1CCN2C1CCC1. The van der Waals surface area contributed by atoms with Gasteiger partial charge in [-0.1, -0.05) is 12.1 Å². The second-order valence-corrected chi connectivity index (χ2v) is 4.49. The highest BCUT2D eigenvalue weighted by Crippen LogP contribution is 2.36. The zero-order valence-electron chi connectivity index (χ0n) is 8.78. The molecule has 0 radical (unpaired) electrons. The molecule has 0 atom stereocenters. The van der Waals surface area contributed by atoms with Gasteiger partial charge in [0.2, 0.25) is 0 Å². The van der Waals surface area contributed by atoms with Crippen LogP contribution in [-0.2, 0) is 6.42 Å². The number of benzene rings is 1. The molecule has 78 valence electrons. The molecular weight excluding hydrogens is 186 g/mol. The van der Waals surface area contributed by atoms with Crippen molar-refractivity contribution in [3.05, 3.63) is 29.3 Å². The molecule has 2 heteroatoms. The quantitative estimate of drug-likeness (QED) is 0.685. The molecule has 1 aromatic carbocycles. The van der Waals surface area contributed by atoms with Crippen molar-refractivity contribution in [2.75, 3.05) is 11.4 Å². The summed E-state index contributed by atoms with van der Waals surface area (Å²) in [5.41, 5.74) is 3.46. The Hall–Kier alpha value is -1.31. The fourth-order valence-electron chi connectivity index (χ4n) is 2.67. The predicted octanol–water partition coefficient (Wildman–Crippen LogP) is 2.41. The largest absolute Gasteiger partial charge is 0.368 e. The molecule has 1 fully saturated rings. The molecule has 0 spiro atoms. The Morgan fingerprint density at radius 2 is 2.20 bits per heavy atom. The second kappa shape index (κ2) is 3.37. The Morgan fingerprint density at radius 1 is 1.33 bits per heavy atom. The Bertz CT molecular complexity index is 396. The lowest BCUT2D eigenvalue weighted by Gasteiger charge is -2.36. The zero-order chi connectivity index (χ0) is 10.3. The molecule has 3 rings (SSSR count). The van der Waals surface area contributed by atoms with Gasteiger partial charge in [0.1, 0.15) is 6.29 Å². The molecule has 0 bridgehead atoms. The molecular formula is C13H15NO. The van der Waals surface area contributed by atoms with Crippen molar-refractivity contribution < 1.29 is 4.79 Å². The van der Waals surface area contributed by atoms with E-state index in [1.54, 1.807) is 0 Å². The number of aldehydes is 1. The molecule has 2 aliphatic rings. The summed E-state index contributed by atoms with van der Waals surface area (Å²) >= 11 is 0. The first-order valence-corrected chi connectivity index (χ1v) is 5.74. The average molecular weight is 201 g/mol. The van der Waals surface area contributed by atoms with Crippen LogP contribution in [-0.4, -0.2) is 18.9 Å². The minimum Gasteiger partial charge on any atom is -0.368 e. The molecule has 0 N–H and O–H groups in total. The van der Waals surface area contributed by atoms with Crippen LogP contribution in [0.4, 0.5) is 5.69 Å². The van der Waals surface area contributed by atoms with Crippen LogP contribution in [0.25, 0.3) is 0 Å². The van der Waals surface area contributed by atoms with Gasteiger partial charge in [-0.05, 0) is 37.3 Å². The van der Waals surface area contributed by atoms with E-state index in [4.69, 9.17) is 0 Å². The number of carbonyl (C=O) groups excluding carboxylic acids is 1. The van der Waals surface area contributed by atoms with Crippen LogP contribution in [0.2, 0.25) is 0 Å². The van der Waals surface area contributed by atoms with Crippen LogP contribution in [0.5, 0.6) is 0 Å². The zero-order valence-corrected chi connectivity index (χ0v) is 8.78. The molecule has 1 aromatic rings. The van der Waals surface area contributed by atoms with Gasteiger partial charge < -0.3 is 4.90 Å². The average Bonchev–Trinajstić information content (AvgIpc) is 2.59. The molecule has 0 unspecified atom stereocenters. The standard InChI is InChI=1S/C13H15NO/c15-9-10-3-1-6-13-12(10)7-8-14(13)11-4-2-5-11/h1,3,6,9,11H,2,4-5,7-8H2. The smallest absolute Gasteiger partial charge is 0.150 e. The first-order valence-electron chi connectivity index (χ1n) is 5.74. The summed E-state index contributed by atoms with van der Waals surface area (Å²) in [6.07, 6.45) is 6.04. The Kier molecular flexibility index (Phi) is 2.01. The van der Waals surface area contributed by atoms with E-state index in [0.29, 0.717) is 0 Å². The summed E-state index contributed by atoms with van der Waals surface area (Å²) in [6.45, 7) is 1.10. The van der Waals surface area contributed by atoms with Gasteiger partial charge in [-0.3, -0.25) is 4.79 Å². The molecule has 0 aromatic heterocycles. The van der Waals surface area contributed by atoms with E-state index in [1.807, 2.05) is 12.1 Å². The maximum absolute atomic E-state index is 10.9. The highest BCUT2D eigenvalue weighted by Gasteiger charge is 2.30. The number of hydrogen-bond donors (Lipinski definition) is 0. The number of hydrogen-bond acceptors (Lipinski definition) is 2. The minimum absolute atomic E-state index is 0.744. The maximum atomic E-state index is 10.9. The number of rotatable bonds is 2. The summed E-state index contributed by atoms with van der Waals surface area (Å²) in [5, 5.41) is 0. The molecule has 1 saturated carbocycles. The topological polar surface area (TPSA) is 20.3 Å². The second-order valence-electron chi connectivity index (χ2n) is 4.49. The third-order valence-electron chi connectivity index (χ3n) is 3.74. The summed E-state index contributed by atoms with van der Waals surface area (Å²) < 4.78 is 0. The van der Waals surface area contributed by atoms with Crippen molar-refractivity contribution in [1.29, 1.82) is 0 Å². The van der Waals surface area contributed by atoms with Crippen molar-refractivity contribution in [1.82, 2.24) is 0 Å². The number of fused-ring (bicyclic) bond motifs is 1. The van der Waals surface area contributed by atoms with Gasteiger partial charge >= 0.3 is 0 Å². The van der Waals surface area contributed by atoms with E-state index < -0.39 is 0 Å². The van der Waals surface area contributed by atoms with E-state index >= 15 is 0 Å². The van der Waals surface area contributed by atoms with Crippen LogP contribution < -0.4 is 4.90 Å². The molecule has 2 nitrogen and oxygen atoms in total. The Balaban J connectivity index is 1.99. The Morgan fingerprint density at radius 3 is 2.87 bits per heavy atom. The first-order chi connectivity index (χ1) is 7.40. The number of anilines is 1. The normalized spacial score (nSPS) is 19.9. The maximum Gasteiger partial charge on any atom is 0.150 e. The van der Waals surface area contributed by atoms with Gasteiger partial charge in [0.15, 0.2) is 0 Å². The summed E-state index contributed by atoms with van der Waals surface area (Å²) in [4.78, 5) is 13.4. The van der Waals surface area contributed by atoms with Crippen LogP contribution in [0, 0.1) is 0 Å².